The standard InChI is InChI=1S/C21H23NO4/c1-2-10-26-18-9-5-6-15(11-18)12-20(23)22-14-17-8-4-3-7-16(17)13-19(22)21(24)25/h3-9,11,19H,2,10,12-14H2,1H3,(H,24,25). The maximum absolute atomic E-state index is 12.8. The number of fused-ring (bicyclic) bond motifs is 1. The van der Waals surface area contributed by atoms with Crippen molar-refractivity contribution in [3.63, 3.8) is 0 Å². The molecular weight excluding hydrogens is 330 g/mol. The Kier molecular flexibility index (Phi) is 5.56. The van der Waals surface area contributed by atoms with Crippen LogP contribution in [0.5, 0.6) is 5.75 Å². The van der Waals surface area contributed by atoms with Gasteiger partial charge < -0.3 is 14.7 Å². The fraction of sp³-hybridized carbons (Fsp3) is 0.333. The largest absolute Gasteiger partial charge is 0.494 e. The van der Waals surface area contributed by atoms with E-state index in [1.54, 1.807) is 0 Å². The number of ether oxygens (including phenoxy) is 1. The van der Waals surface area contributed by atoms with E-state index in [1.807, 2.05) is 55.5 Å². The Hall–Kier alpha value is -2.82. The molecule has 3 rings (SSSR count). The number of aliphatic carboxylic acids is 1. The van der Waals surface area contributed by atoms with Gasteiger partial charge in [0.25, 0.3) is 0 Å². The molecule has 0 saturated heterocycles. The molecule has 5 nitrogen and oxygen atoms in total. The first kappa shape index (κ1) is 18.0. The molecule has 0 aromatic heterocycles. The van der Waals surface area contributed by atoms with Crippen molar-refractivity contribution in [1.29, 1.82) is 0 Å². The maximum Gasteiger partial charge on any atom is 0.326 e. The van der Waals surface area contributed by atoms with Gasteiger partial charge in [0.1, 0.15) is 11.8 Å². The van der Waals surface area contributed by atoms with Crippen molar-refractivity contribution in [2.24, 2.45) is 0 Å². The molecule has 1 aliphatic rings. The van der Waals surface area contributed by atoms with Gasteiger partial charge in [-0.25, -0.2) is 4.79 Å². The van der Waals surface area contributed by atoms with E-state index in [4.69, 9.17) is 4.74 Å². The molecule has 1 heterocycles. The average Bonchev–Trinajstić information content (AvgIpc) is 2.65. The van der Waals surface area contributed by atoms with Crippen molar-refractivity contribution in [1.82, 2.24) is 4.90 Å². The zero-order chi connectivity index (χ0) is 18.5. The average molecular weight is 353 g/mol. The van der Waals surface area contributed by atoms with Crippen molar-refractivity contribution < 1.29 is 19.4 Å². The van der Waals surface area contributed by atoms with Crippen molar-refractivity contribution >= 4 is 11.9 Å². The Balaban J connectivity index is 1.77. The number of hydrogen-bond donors (Lipinski definition) is 1. The Bertz CT molecular complexity index is 802. The number of amides is 1. The quantitative estimate of drug-likeness (QED) is 0.867. The second-order valence-corrected chi connectivity index (χ2v) is 6.52. The third-order valence-electron chi connectivity index (χ3n) is 4.58. The number of nitrogens with zero attached hydrogens (tertiary/aromatic N) is 1. The number of rotatable bonds is 6. The van der Waals surface area contributed by atoms with E-state index in [0.29, 0.717) is 19.6 Å². The summed E-state index contributed by atoms with van der Waals surface area (Å²) in [6.45, 7) is 2.99. The summed E-state index contributed by atoms with van der Waals surface area (Å²) in [7, 11) is 0. The number of carboxylic acid groups (broad SMARTS) is 1. The third-order valence-corrected chi connectivity index (χ3v) is 4.58. The molecule has 1 amide bonds. The Morgan fingerprint density at radius 1 is 1.15 bits per heavy atom. The minimum atomic E-state index is -0.965. The summed E-state index contributed by atoms with van der Waals surface area (Å²) in [5.74, 6) is -0.414. The Labute approximate surface area is 153 Å². The first-order valence-corrected chi connectivity index (χ1v) is 8.89. The predicted octanol–water partition coefficient (Wildman–Crippen LogP) is 3.06. The zero-order valence-electron chi connectivity index (χ0n) is 14.9. The predicted molar refractivity (Wildman–Crippen MR) is 98.1 cm³/mol. The summed E-state index contributed by atoms with van der Waals surface area (Å²) in [4.78, 5) is 26.0. The molecule has 0 radical (unpaired) electrons. The number of benzene rings is 2. The minimum absolute atomic E-state index is 0.162. The van der Waals surface area contributed by atoms with Crippen LogP contribution < -0.4 is 4.74 Å². The van der Waals surface area contributed by atoms with E-state index in [9.17, 15) is 14.7 Å². The van der Waals surface area contributed by atoms with Crippen LogP contribution in [0.4, 0.5) is 0 Å². The van der Waals surface area contributed by atoms with Crippen molar-refractivity contribution in [3.8, 4) is 5.75 Å². The van der Waals surface area contributed by atoms with Gasteiger partial charge in [-0.3, -0.25) is 4.79 Å². The fourth-order valence-electron chi connectivity index (χ4n) is 3.25. The molecule has 0 bridgehead atoms. The van der Waals surface area contributed by atoms with E-state index in [-0.39, 0.29) is 12.3 Å². The Morgan fingerprint density at radius 3 is 2.65 bits per heavy atom. The lowest BCUT2D eigenvalue weighted by Gasteiger charge is -2.34. The topological polar surface area (TPSA) is 66.8 Å². The first-order valence-electron chi connectivity index (χ1n) is 8.89. The third kappa shape index (κ3) is 4.04. The lowest BCUT2D eigenvalue weighted by Crippen LogP contribution is -2.49. The summed E-state index contributed by atoms with van der Waals surface area (Å²) >= 11 is 0. The molecule has 1 unspecified atom stereocenters. The highest BCUT2D eigenvalue weighted by atomic mass is 16.5. The number of carbonyl (C=O) groups is 2. The summed E-state index contributed by atoms with van der Waals surface area (Å²) in [6.07, 6.45) is 1.42. The lowest BCUT2D eigenvalue weighted by molar-refractivity contribution is -0.151. The highest BCUT2D eigenvalue weighted by molar-refractivity contribution is 5.86. The van der Waals surface area contributed by atoms with Gasteiger partial charge in [0.05, 0.1) is 13.0 Å². The van der Waals surface area contributed by atoms with Crippen molar-refractivity contribution in [2.75, 3.05) is 6.61 Å². The van der Waals surface area contributed by atoms with E-state index >= 15 is 0 Å². The van der Waals surface area contributed by atoms with E-state index in [2.05, 4.69) is 0 Å². The zero-order valence-corrected chi connectivity index (χ0v) is 14.9. The van der Waals surface area contributed by atoms with Crippen LogP contribution in [0, 0.1) is 0 Å². The fourth-order valence-corrected chi connectivity index (χ4v) is 3.25. The highest BCUT2D eigenvalue weighted by Gasteiger charge is 2.34. The molecule has 2 aromatic rings. The molecule has 0 spiro atoms. The number of carbonyl (C=O) groups excluding carboxylic acids is 1. The minimum Gasteiger partial charge on any atom is -0.494 e. The molecule has 1 aliphatic heterocycles. The molecule has 0 saturated carbocycles. The number of carboxylic acids is 1. The molecule has 1 atom stereocenters. The summed E-state index contributed by atoms with van der Waals surface area (Å²) < 4.78 is 5.61. The number of hydrogen-bond acceptors (Lipinski definition) is 3. The van der Waals surface area contributed by atoms with Crippen LogP contribution in [0.15, 0.2) is 48.5 Å². The van der Waals surface area contributed by atoms with Crippen LogP contribution in [-0.4, -0.2) is 34.5 Å². The van der Waals surface area contributed by atoms with Gasteiger partial charge in [0.15, 0.2) is 0 Å². The van der Waals surface area contributed by atoms with E-state index < -0.39 is 12.0 Å². The Morgan fingerprint density at radius 2 is 1.92 bits per heavy atom. The van der Waals surface area contributed by atoms with Crippen LogP contribution in [0.25, 0.3) is 0 Å². The van der Waals surface area contributed by atoms with E-state index in [0.717, 1.165) is 28.9 Å². The lowest BCUT2D eigenvalue weighted by atomic mass is 9.93. The normalized spacial score (nSPS) is 16.0. The van der Waals surface area contributed by atoms with Crippen molar-refractivity contribution in [3.05, 3.63) is 65.2 Å². The van der Waals surface area contributed by atoms with Crippen LogP contribution in [-0.2, 0) is 29.0 Å². The first-order chi connectivity index (χ1) is 12.6. The van der Waals surface area contributed by atoms with Gasteiger partial charge in [-0.15, -0.1) is 0 Å². The summed E-state index contributed by atoms with van der Waals surface area (Å²) in [5.41, 5.74) is 2.84. The SMILES string of the molecule is CCCOc1cccc(CC(=O)N2Cc3ccccc3CC2C(=O)O)c1. The summed E-state index contributed by atoms with van der Waals surface area (Å²) in [6, 6.07) is 14.3. The van der Waals surface area contributed by atoms with Gasteiger partial charge in [0.2, 0.25) is 5.91 Å². The summed E-state index contributed by atoms with van der Waals surface area (Å²) in [5, 5.41) is 9.58. The smallest absolute Gasteiger partial charge is 0.326 e. The van der Waals surface area contributed by atoms with Crippen LogP contribution in [0.3, 0.4) is 0 Å². The van der Waals surface area contributed by atoms with Crippen LogP contribution in [0.2, 0.25) is 0 Å². The van der Waals surface area contributed by atoms with Gasteiger partial charge in [-0.05, 0) is 35.2 Å². The van der Waals surface area contributed by atoms with Crippen molar-refractivity contribution in [2.45, 2.75) is 38.8 Å². The molecule has 5 heteroatoms. The monoisotopic (exact) mass is 353 g/mol. The van der Waals surface area contributed by atoms with Crippen LogP contribution in [0.1, 0.15) is 30.0 Å². The van der Waals surface area contributed by atoms with Gasteiger partial charge in [-0.2, -0.15) is 0 Å². The molecule has 136 valence electrons. The van der Waals surface area contributed by atoms with Gasteiger partial charge in [0, 0.05) is 13.0 Å². The van der Waals surface area contributed by atoms with Crippen LogP contribution >= 0.6 is 0 Å². The van der Waals surface area contributed by atoms with Gasteiger partial charge in [-0.1, -0.05) is 43.3 Å². The molecule has 1 N–H and O–H groups in total. The van der Waals surface area contributed by atoms with E-state index in [1.165, 1.54) is 4.90 Å². The second kappa shape index (κ2) is 8.04. The molecule has 2 aromatic carbocycles. The van der Waals surface area contributed by atoms with Gasteiger partial charge >= 0.3 is 5.97 Å². The highest BCUT2D eigenvalue weighted by Crippen LogP contribution is 2.25. The molecule has 26 heavy (non-hydrogen) atoms. The maximum atomic E-state index is 12.8. The molecule has 0 aliphatic carbocycles. The molecule has 0 fully saturated rings. The second-order valence-electron chi connectivity index (χ2n) is 6.52. The molecular formula is C21H23NO4.